The second-order valence-electron chi connectivity index (χ2n) is 6.91. The lowest BCUT2D eigenvalue weighted by atomic mass is 9.95. The van der Waals surface area contributed by atoms with Crippen molar-refractivity contribution in [3.05, 3.63) is 46.6 Å². The molecular formula is C19H18Cl2N2OS. The molecular weight excluding hydrogens is 375 g/mol. The smallest absolute Gasteiger partial charge is 0.232 e. The predicted molar refractivity (Wildman–Crippen MR) is 108 cm³/mol. The van der Waals surface area contributed by atoms with E-state index in [0.29, 0.717) is 15.9 Å². The van der Waals surface area contributed by atoms with Crippen molar-refractivity contribution in [1.29, 1.82) is 0 Å². The van der Waals surface area contributed by atoms with Gasteiger partial charge in [-0.15, -0.1) is 11.3 Å². The summed E-state index contributed by atoms with van der Waals surface area (Å²) in [5.74, 6) is -0.0135. The summed E-state index contributed by atoms with van der Waals surface area (Å²) in [5, 5.41) is 2.14. The van der Waals surface area contributed by atoms with E-state index in [-0.39, 0.29) is 5.91 Å². The summed E-state index contributed by atoms with van der Waals surface area (Å²) in [7, 11) is 1.72. The number of nitrogens with zero attached hydrogens (tertiary/aromatic N) is 2. The average molecular weight is 393 g/mol. The number of aromatic nitrogens is 1. The molecule has 0 N–H and O–H groups in total. The number of pyridine rings is 1. The van der Waals surface area contributed by atoms with E-state index in [1.54, 1.807) is 23.3 Å². The third-order valence-electron chi connectivity index (χ3n) is 3.87. The van der Waals surface area contributed by atoms with Crippen LogP contribution in [0.25, 0.3) is 20.7 Å². The van der Waals surface area contributed by atoms with Crippen LogP contribution in [0.2, 0.25) is 10.2 Å². The number of anilines is 1. The van der Waals surface area contributed by atoms with E-state index in [4.69, 9.17) is 23.2 Å². The van der Waals surface area contributed by atoms with Gasteiger partial charge in [0, 0.05) is 22.2 Å². The highest BCUT2D eigenvalue weighted by molar-refractivity contribution is 7.22. The molecule has 0 unspecified atom stereocenters. The number of benzene rings is 1. The van der Waals surface area contributed by atoms with Crippen LogP contribution in [-0.4, -0.2) is 17.9 Å². The fourth-order valence-electron chi connectivity index (χ4n) is 2.56. The molecule has 25 heavy (non-hydrogen) atoms. The minimum absolute atomic E-state index is 0.0135. The van der Waals surface area contributed by atoms with Crippen LogP contribution in [0.15, 0.2) is 36.4 Å². The number of carbonyl (C=O) groups excluding carboxylic acids is 1. The number of carbonyl (C=O) groups is 1. The van der Waals surface area contributed by atoms with Crippen LogP contribution in [0, 0.1) is 5.41 Å². The Morgan fingerprint density at radius 3 is 2.48 bits per heavy atom. The van der Waals surface area contributed by atoms with Crippen molar-refractivity contribution < 1.29 is 4.79 Å². The van der Waals surface area contributed by atoms with Gasteiger partial charge in [0.2, 0.25) is 5.91 Å². The Morgan fingerprint density at radius 2 is 1.84 bits per heavy atom. The fourth-order valence-corrected chi connectivity index (χ4v) is 4.15. The van der Waals surface area contributed by atoms with Crippen molar-refractivity contribution in [2.45, 2.75) is 20.8 Å². The molecule has 1 amide bonds. The Morgan fingerprint density at radius 1 is 1.12 bits per heavy atom. The second kappa shape index (κ2) is 6.60. The van der Waals surface area contributed by atoms with E-state index in [0.717, 1.165) is 20.7 Å². The molecule has 0 radical (unpaired) electrons. The summed E-state index contributed by atoms with van der Waals surface area (Å²) >= 11 is 14.0. The first kappa shape index (κ1) is 18.2. The molecule has 0 saturated heterocycles. The van der Waals surface area contributed by atoms with Crippen molar-refractivity contribution in [3.8, 4) is 10.6 Å². The van der Waals surface area contributed by atoms with Crippen molar-refractivity contribution in [2.24, 2.45) is 5.41 Å². The van der Waals surface area contributed by atoms with E-state index < -0.39 is 5.41 Å². The lowest BCUT2D eigenvalue weighted by Gasteiger charge is -2.26. The lowest BCUT2D eigenvalue weighted by Crippen LogP contribution is -2.36. The zero-order valence-electron chi connectivity index (χ0n) is 14.4. The minimum atomic E-state index is -0.485. The van der Waals surface area contributed by atoms with Crippen LogP contribution in [0.4, 0.5) is 5.69 Å². The van der Waals surface area contributed by atoms with Crippen LogP contribution in [0.1, 0.15) is 20.8 Å². The number of amides is 1. The zero-order valence-corrected chi connectivity index (χ0v) is 16.8. The van der Waals surface area contributed by atoms with E-state index >= 15 is 0 Å². The highest BCUT2D eigenvalue weighted by atomic mass is 35.5. The van der Waals surface area contributed by atoms with Gasteiger partial charge in [-0.05, 0) is 35.7 Å². The molecule has 3 rings (SSSR count). The first-order valence-corrected chi connectivity index (χ1v) is 9.38. The molecule has 0 saturated carbocycles. The molecule has 2 heterocycles. The van der Waals surface area contributed by atoms with Gasteiger partial charge in [-0.1, -0.05) is 50.0 Å². The van der Waals surface area contributed by atoms with Crippen LogP contribution in [0.5, 0.6) is 0 Å². The molecule has 0 bridgehead atoms. The van der Waals surface area contributed by atoms with E-state index in [1.807, 2.05) is 51.1 Å². The molecule has 1 aromatic carbocycles. The van der Waals surface area contributed by atoms with Gasteiger partial charge in [0.05, 0.1) is 16.3 Å². The number of thiophene rings is 1. The van der Waals surface area contributed by atoms with Crippen molar-refractivity contribution in [2.75, 3.05) is 11.9 Å². The second-order valence-corrected chi connectivity index (χ2v) is 8.79. The van der Waals surface area contributed by atoms with Gasteiger partial charge in [0.15, 0.2) is 5.15 Å². The molecule has 0 spiro atoms. The number of fused-ring (bicyclic) bond motifs is 1. The zero-order chi connectivity index (χ0) is 18.4. The van der Waals surface area contributed by atoms with E-state index in [1.165, 1.54) is 0 Å². The Bertz CT molecular complexity index is 960. The highest BCUT2D eigenvalue weighted by Crippen LogP contribution is 2.36. The summed E-state index contributed by atoms with van der Waals surface area (Å²) in [5.41, 5.74) is 0.902. The maximum absolute atomic E-state index is 12.5. The normalized spacial score (nSPS) is 11.8. The van der Waals surface area contributed by atoms with Gasteiger partial charge in [0.25, 0.3) is 0 Å². The van der Waals surface area contributed by atoms with Crippen molar-refractivity contribution in [1.82, 2.24) is 4.98 Å². The summed E-state index contributed by atoms with van der Waals surface area (Å²) in [4.78, 5) is 19.5. The summed E-state index contributed by atoms with van der Waals surface area (Å²) < 4.78 is 1.10. The molecule has 0 atom stereocenters. The molecule has 6 heteroatoms. The van der Waals surface area contributed by atoms with Crippen molar-refractivity contribution in [3.63, 3.8) is 0 Å². The van der Waals surface area contributed by atoms with Crippen LogP contribution >= 0.6 is 34.5 Å². The first-order chi connectivity index (χ1) is 11.7. The summed E-state index contributed by atoms with van der Waals surface area (Å²) in [6, 6.07) is 11.6. The Balaban J connectivity index is 1.97. The van der Waals surface area contributed by atoms with Gasteiger partial charge >= 0.3 is 0 Å². The molecule has 0 aliphatic heterocycles. The molecule has 0 aliphatic rings. The largest absolute Gasteiger partial charge is 0.312 e. The Hall–Kier alpha value is -1.62. The van der Waals surface area contributed by atoms with Crippen LogP contribution in [0.3, 0.4) is 0 Å². The van der Waals surface area contributed by atoms with Gasteiger partial charge in [-0.2, -0.15) is 0 Å². The highest BCUT2D eigenvalue weighted by Gasteiger charge is 2.27. The van der Waals surface area contributed by atoms with E-state index in [2.05, 4.69) is 11.1 Å². The maximum Gasteiger partial charge on any atom is 0.232 e. The quantitative estimate of drug-likeness (QED) is 0.480. The fraction of sp³-hybridized carbons (Fsp3) is 0.263. The summed E-state index contributed by atoms with van der Waals surface area (Å²) in [6.07, 6.45) is 0. The minimum Gasteiger partial charge on any atom is -0.312 e. The maximum atomic E-state index is 12.5. The number of halogens is 2. The molecule has 2 aromatic heterocycles. The van der Waals surface area contributed by atoms with E-state index in [9.17, 15) is 4.79 Å². The monoisotopic (exact) mass is 392 g/mol. The van der Waals surface area contributed by atoms with Crippen LogP contribution < -0.4 is 4.90 Å². The number of hydrogen-bond donors (Lipinski definition) is 0. The molecule has 0 aliphatic carbocycles. The molecule has 3 aromatic rings. The van der Waals surface area contributed by atoms with Gasteiger partial charge in [-0.25, -0.2) is 4.98 Å². The molecule has 3 nitrogen and oxygen atoms in total. The first-order valence-electron chi connectivity index (χ1n) is 7.81. The van der Waals surface area contributed by atoms with Gasteiger partial charge in [-0.3, -0.25) is 4.79 Å². The third kappa shape index (κ3) is 3.66. The summed E-state index contributed by atoms with van der Waals surface area (Å²) in [6.45, 7) is 5.64. The average Bonchev–Trinajstić information content (AvgIpc) is 2.95. The van der Waals surface area contributed by atoms with Crippen molar-refractivity contribution >= 4 is 56.2 Å². The van der Waals surface area contributed by atoms with Crippen LogP contribution in [-0.2, 0) is 4.79 Å². The molecule has 0 fully saturated rings. The van der Waals surface area contributed by atoms with Gasteiger partial charge < -0.3 is 4.90 Å². The number of hydrogen-bond acceptors (Lipinski definition) is 3. The topological polar surface area (TPSA) is 33.2 Å². The SMILES string of the molecule is CN(C(=O)C(C)(C)C)c1ccc(-c2cc3ccc(Cl)cc3s2)nc1Cl. The predicted octanol–water partition coefficient (Wildman–Crippen LogP) is 6.28. The lowest BCUT2D eigenvalue weighted by molar-refractivity contribution is -0.125. The Labute approximate surface area is 161 Å². The third-order valence-corrected chi connectivity index (χ3v) is 5.50. The standard InChI is InChI=1S/C19H18Cl2N2OS/c1-19(2,3)18(24)23(4)14-8-7-13(22-17(14)21)16-9-11-5-6-12(20)10-15(11)25-16/h5-10H,1-4H3. The Kier molecular flexibility index (Phi) is 4.80. The van der Waals surface area contributed by atoms with Gasteiger partial charge in [0.1, 0.15) is 0 Å². The number of rotatable bonds is 2. The molecule has 130 valence electrons.